The number of likely N-dealkylation sites (N-methyl/N-ethyl adjacent to an activating group) is 1. The van der Waals surface area contributed by atoms with Gasteiger partial charge >= 0.3 is 0 Å². The average molecular weight is 263 g/mol. The number of carbonyl (C=O) groups is 1. The topological polar surface area (TPSA) is 42.8 Å². The first kappa shape index (κ1) is 13.9. The lowest BCUT2D eigenvalue weighted by Crippen LogP contribution is -3.12. The van der Waals surface area contributed by atoms with Crippen molar-refractivity contribution in [2.24, 2.45) is 0 Å². The Morgan fingerprint density at radius 3 is 2.58 bits per heavy atom. The number of rotatable bonds is 6. The third kappa shape index (κ3) is 3.96. The van der Waals surface area contributed by atoms with Gasteiger partial charge in [0.05, 0.1) is 14.2 Å². The van der Waals surface area contributed by atoms with Gasteiger partial charge in [-0.05, 0) is 44.0 Å². The van der Waals surface area contributed by atoms with E-state index < -0.39 is 0 Å². The lowest BCUT2D eigenvalue weighted by molar-refractivity contribution is -0.908. The van der Waals surface area contributed by atoms with E-state index >= 15 is 0 Å². The van der Waals surface area contributed by atoms with Gasteiger partial charge in [-0.1, -0.05) is 0 Å². The largest absolute Gasteiger partial charge is 0.497 e. The van der Waals surface area contributed by atoms with Crippen LogP contribution in [0.4, 0.5) is 0 Å². The Balaban J connectivity index is 1.87. The molecule has 19 heavy (non-hydrogen) atoms. The molecule has 0 spiro atoms. The molecule has 0 aliphatic heterocycles. The molecule has 1 aromatic rings. The Kier molecular flexibility index (Phi) is 4.43. The molecular weight excluding hydrogens is 240 g/mol. The predicted octanol–water partition coefficient (Wildman–Crippen LogP) is 0.377. The molecule has 0 bridgehead atoms. The van der Waals surface area contributed by atoms with Crippen LogP contribution in [0.2, 0.25) is 0 Å². The second-order valence-electron chi connectivity index (χ2n) is 5.38. The van der Waals surface area contributed by atoms with Gasteiger partial charge in [0.1, 0.15) is 12.3 Å². The number of benzene rings is 1. The molecule has 4 heteroatoms. The van der Waals surface area contributed by atoms with Gasteiger partial charge in [0.25, 0.3) is 5.91 Å². The van der Waals surface area contributed by atoms with Gasteiger partial charge in [-0.3, -0.25) is 4.79 Å². The van der Waals surface area contributed by atoms with E-state index in [1.54, 1.807) is 7.11 Å². The van der Waals surface area contributed by atoms with Gasteiger partial charge in [-0.25, -0.2) is 0 Å². The van der Waals surface area contributed by atoms with Gasteiger partial charge < -0.3 is 15.0 Å². The molecule has 0 radical (unpaired) electrons. The summed E-state index contributed by atoms with van der Waals surface area (Å²) in [4.78, 5) is 13.2. The summed E-state index contributed by atoms with van der Waals surface area (Å²) < 4.78 is 5.14. The molecule has 1 aliphatic carbocycles. The van der Waals surface area contributed by atoms with Crippen LogP contribution in [0.15, 0.2) is 24.3 Å². The molecule has 1 fully saturated rings. The van der Waals surface area contributed by atoms with E-state index in [9.17, 15) is 4.79 Å². The SMILES string of the molecule is COc1ccc(C[NH+](C)[C@H](C)C(=O)NC2CC2)cc1. The molecule has 1 amide bonds. The van der Waals surface area contributed by atoms with E-state index in [4.69, 9.17) is 4.74 Å². The first-order valence-corrected chi connectivity index (χ1v) is 6.85. The highest BCUT2D eigenvalue weighted by Gasteiger charge is 2.29. The molecule has 1 aromatic carbocycles. The molecule has 2 N–H and O–H groups in total. The number of methoxy groups -OCH3 is 1. The standard InChI is InChI=1S/C15H22N2O2/c1-11(15(18)16-13-6-7-13)17(2)10-12-4-8-14(19-3)9-5-12/h4-5,8-9,11,13H,6-7,10H2,1-3H3,(H,16,18)/p+1/t11-/m1/s1. The van der Waals surface area contributed by atoms with Gasteiger partial charge in [0.2, 0.25) is 0 Å². The van der Waals surface area contributed by atoms with Crippen LogP contribution >= 0.6 is 0 Å². The molecule has 4 nitrogen and oxygen atoms in total. The minimum Gasteiger partial charge on any atom is -0.497 e. The molecule has 0 aromatic heterocycles. The smallest absolute Gasteiger partial charge is 0.278 e. The summed E-state index contributed by atoms with van der Waals surface area (Å²) >= 11 is 0. The van der Waals surface area contributed by atoms with Crippen LogP contribution in [-0.4, -0.2) is 32.1 Å². The Hall–Kier alpha value is -1.55. The summed E-state index contributed by atoms with van der Waals surface area (Å²) in [5, 5.41) is 3.06. The Morgan fingerprint density at radius 2 is 2.05 bits per heavy atom. The summed E-state index contributed by atoms with van der Waals surface area (Å²) in [6.45, 7) is 2.82. The van der Waals surface area contributed by atoms with Crippen molar-refractivity contribution >= 4 is 5.91 Å². The average Bonchev–Trinajstić information content (AvgIpc) is 3.22. The van der Waals surface area contributed by atoms with E-state index in [1.165, 1.54) is 10.5 Å². The number of nitrogens with one attached hydrogen (secondary N) is 2. The molecule has 1 unspecified atom stereocenters. The summed E-state index contributed by atoms with van der Waals surface area (Å²) in [6.07, 6.45) is 2.27. The highest BCUT2D eigenvalue weighted by molar-refractivity contribution is 5.80. The van der Waals surface area contributed by atoms with Crippen LogP contribution in [-0.2, 0) is 11.3 Å². The van der Waals surface area contributed by atoms with Crippen LogP contribution in [0.1, 0.15) is 25.3 Å². The van der Waals surface area contributed by atoms with Crippen molar-refractivity contribution in [3.63, 3.8) is 0 Å². The number of quaternary nitrogens is 1. The summed E-state index contributed by atoms with van der Waals surface area (Å²) in [7, 11) is 3.72. The van der Waals surface area contributed by atoms with E-state index in [0.717, 1.165) is 25.1 Å². The van der Waals surface area contributed by atoms with Gasteiger partial charge in [-0.2, -0.15) is 0 Å². The Morgan fingerprint density at radius 1 is 1.42 bits per heavy atom. The minimum absolute atomic E-state index is 0.0253. The lowest BCUT2D eigenvalue weighted by atomic mass is 10.2. The molecule has 2 rings (SSSR count). The van der Waals surface area contributed by atoms with Crippen molar-refractivity contribution in [1.29, 1.82) is 0 Å². The maximum absolute atomic E-state index is 12.0. The maximum Gasteiger partial charge on any atom is 0.278 e. The molecule has 2 atom stereocenters. The second-order valence-corrected chi connectivity index (χ2v) is 5.38. The molecule has 1 aliphatic rings. The predicted molar refractivity (Wildman–Crippen MR) is 74.2 cm³/mol. The third-order valence-corrected chi connectivity index (χ3v) is 3.70. The molecule has 104 valence electrons. The molecule has 1 saturated carbocycles. The fourth-order valence-corrected chi connectivity index (χ4v) is 2.00. The highest BCUT2D eigenvalue weighted by atomic mass is 16.5. The molecule has 0 heterocycles. The van der Waals surface area contributed by atoms with Crippen molar-refractivity contribution in [3.05, 3.63) is 29.8 Å². The van der Waals surface area contributed by atoms with Crippen LogP contribution < -0.4 is 15.0 Å². The maximum atomic E-state index is 12.0. The van der Waals surface area contributed by atoms with Gasteiger partial charge in [0.15, 0.2) is 6.04 Å². The van der Waals surface area contributed by atoms with Crippen molar-refractivity contribution in [2.75, 3.05) is 14.2 Å². The third-order valence-electron chi connectivity index (χ3n) is 3.70. The molecule has 0 saturated heterocycles. The Labute approximate surface area is 114 Å². The van der Waals surface area contributed by atoms with E-state index in [0.29, 0.717) is 6.04 Å². The first-order valence-electron chi connectivity index (χ1n) is 6.85. The van der Waals surface area contributed by atoms with Crippen LogP contribution in [0.5, 0.6) is 5.75 Å². The van der Waals surface area contributed by atoms with Gasteiger partial charge in [0, 0.05) is 11.6 Å². The van der Waals surface area contributed by atoms with Crippen LogP contribution in [0.3, 0.4) is 0 Å². The second kappa shape index (κ2) is 6.06. The fraction of sp³-hybridized carbons (Fsp3) is 0.533. The fourth-order valence-electron chi connectivity index (χ4n) is 2.00. The zero-order valence-electron chi connectivity index (χ0n) is 11.9. The number of hydrogen-bond acceptors (Lipinski definition) is 2. The zero-order valence-corrected chi connectivity index (χ0v) is 11.9. The highest BCUT2D eigenvalue weighted by Crippen LogP contribution is 2.18. The normalized spacial score (nSPS) is 17.6. The van der Waals surface area contributed by atoms with Crippen molar-refractivity contribution in [3.8, 4) is 5.75 Å². The van der Waals surface area contributed by atoms with Crippen molar-refractivity contribution in [2.45, 2.75) is 38.4 Å². The Bertz CT molecular complexity index is 426. The lowest BCUT2D eigenvalue weighted by Gasteiger charge is -2.21. The number of amides is 1. The summed E-state index contributed by atoms with van der Waals surface area (Å²) in [6, 6.07) is 8.42. The number of ether oxygens (including phenoxy) is 1. The van der Waals surface area contributed by atoms with Crippen molar-refractivity contribution in [1.82, 2.24) is 5.32 Å². The number of hydrogen-bond donors (Lipinski definition) is 2. The van der Waals surface area contributed by atoms with E-state index in [2.05, 4.69) is 12.4 Å². The van der Waals surface area contributed by atoms with Crippen LogP contribution in [0, 0.1) is 0 Å². The summed E-state index contributed by atoms with van der Waals surface area (Å²) in [5.74, 6) is 1.02. The van der Waals surface area contributed by atoms with E-state index in [1.807, 2.05) is 31.2 Å². The number of carbonyl (C=O) groups excluding carboxylic acids is 1. The molecular formula is C15H23N2O2+. The van der Waals surface area contributed by atoms with Crippen LogP contribution in [0.25, 0.3) is 0 Å². The van der Waals surface area contributed by atoms with Crippen molar-refractivity contribution < 1.29 is 14.4 Å². The quantitative estimate of drug-likeness (QED) is 0.779. The zero-order chi connectivity index (χ0) is 13.8. The minimum atomic E-state index is -0.0253. The van der Waals surface area contributed by atoms with E-state index in [-0.39, 0.29) is 11.9 Å². The monoisotopic (exact) mass is 263 g/mol. The first-order chi connectivity index (χ1) is 9.10. The van der Waals surface area contributed by atoms with Gasteiger partial charge in [-0.15, -0.1) is 0 Å². The summed E-state index contributed by atoms with van der Waals surface area (Å²) in [5.41, 5.74) is 1.21.